The molecule has 0 unspecified atom stereocenters. The van der Waals surface area contributed by atoms with Gasteiger partial charge in [0.05, 0.1) is 11.0 Å². The van der Waals surface area contributed by atoms with Gasteiger partial charge >= 0.3 is 0 Å². The predicted molar refractivity (Wildman–Crippen MR) is 69.1 cm³/mol. The van der Waals surface area contributed by atoms with Crippen LogP contribution in [0, 0.1) is 0 Å². The lowest BCUT2D eigenvalue weighted by molar-refractivity contribution is -0.119. The minimum absolute atomic E-state index is 0.0269. The van der Waals surface area contributed by atoms with Crippen molar-refractivity contribution in [1.82, 2.24) is 15.3 Å². The Hall–Kier alpha value is -1.37. The van der Waals surface area contributed by atoms with Crippen LogP contribution in [0.1, 0.15) is 6.42 Å². The summed E-state index contributed by atoms with van der Waals surface area (Å²) in [6.07, 6.45) is 2.61. The third kappa shape index (κ3) is 2.85. The molecule has 0 aromatic carbocycles. The summed E-state index contributed by atoms with van der Waals surface area (Å²) in [5, 5.41) is 5.73. The van der Waals surface area contributed by atoms with Crippen LogP contribution >= 0.6 is 15.9 Å². The number of hydrogen-bond donors (Lipinski definition) is 2. The van der Waals surface area contributed by atoms with Crippen molar-refractivity contribution in [3.63, 3.8) is 0 Å². The van der Waals surface area contributed by atoms with Gasteiger partial charge in [-0.05, 0) is 22.4 Å². The first-order valence-electron chi connectivity index (χ1n) is 5.42. The Morgan fingerprint density at radius 2 is 2.41 bits per heavy atom. The van der Waals surface area contributed by atoms with Crippen LogP contribution in [0.3, 0.4) is 0 Å². The average molecular weight is 300 g/mol. The van der Waals surface area contributed by atoms with E-state index in [1.165, 1.54) is 0 Å². The number of halogens is 1. The Morgan fingerprint density at radius 1 is 1.59 bits per heavy atom. The van der Waals surface area contributed by atoms with Gasteiger partial charge in [0.15, 0.2) is 0 Å². The van der Waals surface area contributed by atoms with E-state index in [0.717, 1.165) is 29.8 Å². The van der Waals surface area contributed by atoms with E-state index in [0.29, 0.717) is 12.5 Å². The Bertz CT molecular complexity index is 425. The first-order valence-corrected chi connectivity index (χ1v) is 6.22. The van der Waals surface area contributed by atoms with Gasteiger partial charge in [-0.3, -0.25) is 4.79 Å². The van der Waals surface area contributed by atoms with Gasteiger partial charge in [-0.1, -0.05) is 0 Å². The quantitative estimate of drug-likeness (QED) is 0.837. The number of rotatable bonds is 2. The summed E-state index contributed by atoms with van der Waals surface area (Å²) in [6.45, 7) is 1.85. The molecule has 1 aromatic heterocycles. The molecule has 0 atom stereocenters. The molecule has 17 heavy (non-hydrogen) atoms. The van der Waals surface area contributed by atoms with Crippen LogP contribution in [0.15, 0.2) is 10.7 Å². The number of carbonyl (C=O) groups is 1. The molecule has 7 heteroatoms. The van der Waals surface area contributed by atoms with Crippen molar-refractivity contribution >= 4 is 33.6 Å². The minimum atomic E-state index is 0.0269. The molecule has 2 heterocycles. The third-order valence-corrected chi connectivity index (χ3v) is 3.07. The molecule has 1 aliphatic heterocycles. The molecular weight excluding hydrogens is 286 g/mol. The van der Waals surface area contributed by atoms with Crippen LogP contribution < -0.4 is 15.5 Å². The van der Waals surface area contributed by atoms with E-state index in [-0.39, 0.29) is 5.91 Å². The Morgan fingerprint density at radius 3 is 3.18 bits per heavy atom. The van der Waals surface area contributed by atoms with E-state index in [9.17, 15) is 4.79 Å². The monoisotopic (exact) mass is 299 g/mol. The molecule has 6 nitrogen and oxygen atoms in total. The molecule has 0 radical (unpaired) electrons. The van der Waals surface area contributed by atoms with Crippen LogP contribution in [-0.4, -0.2) is 42.6 Å². The summed E-state index contributed by atoms with van der Waals surface area (Å²) in [4.78, 5) is 21.9. The molecule has 1 saturated heterocycles. The van der Waals surface area contributed by atoms with Crippen LogP contribution in [0.25, 0.3) is 0 Å². The Labute approximate surface area is 108 Å². The fourth-order valence-corrected chi connectivity index (χ4v) is 2.13. The third-order valence-electron chi connectivity index (χ3n) is 2.51. The molecule has 2 N–H and O–H groups in total. The summed E-state index contributed by atoms with van der Waals surface area (Å²) < 4.78 is 0.797. The number of aromatic nitrogens is 2. The highest BCUT2D eigenvalue weighted by Crippen LogP contribution is 2.24. The molecule has 0 saturated carbocycles. The second-order valence-electron chi connectivity index (χ2n) is 3.74. The van der Waals surface area contributed by atoms with Crippen molar-refractivity contribution in [2.75, 3.05) is 36.9 Å². The van der Waals surface area contributed by atoms with Gasteiger partial charge in [0, 0.05) is 26.3 Å². The largest absolute Gasteiger partial charge is 0.357 e. The normalized spacial score (nSPS) is 16.4. The maximum absolute atomic E-state index is 11.5. The lowest BCUT2D eigenvalue weighted by Gasteiger charge is -2.21. The first-order chi connectivity index (χ1) is 8.20. The number of carbonyl (C=O) groups excluding carboxylic acids is 1. The van der Waals surface area contributed by atoms with Gasteiger partial charge in [-0.2, -0.15) is 4.98 Å². The minimum Gasteiger partial charge on any atom is -0.357 e. The summed E-state index contributed by atoms with van der Waals surface area (Å²) in [5.74, 6) is 1.33. The molecule has 1 fully saturated rings. The Kier molecular flexibility index (Phi) is 3.78. The van der Waals surface area contributed by atoms with Gasteiger partial charge < -0.3 is 15.5 Å². The van der Waals surface area contributed by atoms with E-state index in [1.54, 1.807) is 13.2 Å². The average Bonchev–Trinajstić information content (AvgIpc) is 2.54. The summed E-state index contributed by atoms with van der Waals surface area (Å²) in [5.41, 5.74) is 0. The lowest BCUT2D eigenvalue weighted by atomic mass is 10.4. The summed E-state index contributed by atoms with van der Waals surface area (Å²) >= 11 is 3.41. The van der Waals surface area contributed by atoms with E-state index in [2.05, 4.69) is 36.5 Å². The molecule has 1 amide bonds. The zero-order valence-corrected chi connectivity index (χ0v) is 11.1. The molecule has 1 aromatic rings. The van der Waals surface area contributed by atoms with Crippen molar-refractivity contribution in [3.8, 4) is 0 Å². The number of amides is 1. The standard InChI is InChI=1S/C10H14BrN5O/c1-12-10-14-5-7(11)9(15-10)16-4-2-3-13-8(17)6-16/h5H,2-4,6H2,1H3,(H,13,17)(H,12,14,15). The van der Waals surface area contributed by atoms with Crippen molar-refractivity contribution in [1.29, 1.82) is 0 Å². The van der Waals surface area contributed by atoms with Gasteiger partial charge in [0.25, 0.3) is 0 Å². The van der Waals surface area contributed by atoms with Crippen LogP contribution in [0.5, 0.6) is 0 Å². The second-order valence-corrected chi connectivity index (χ2v) is 4.59. The first kappa shape index (κ1) is 12.1. The van der Waals surface area contributed by atoms with Gasteiger partial charge in [0.1, 0.15) is 5.82 Å². The SMILES string of the molecule is CNc1ncc(Br)c(N2CCCNC(=O)C2)n1. The molecule has 2 rings (SSSR count). The van der Waals surface area contributed by atoms with E-state index >= 15 is 0 Å². The van der Waals surface area contributed by atoms with E-state index in [4.69, 9.17) is 0 Å². The number of anilines is 2. The second kappa shape index (κ2) is 5.31. The molecule has 1 aliphatic rings. The van der Waals surface area contributed by atoms with Crippen molar-refractivity contribution in [2.24, 2.45) is 0 Å². The van der Waals surface area contributed by atoms with E-state index < -0.39 is 0 Å². The topological polar surface area (TPSA) is 70.2 Å². The molecular formula is C10H14BrN5O. The Balaban J connectivity index is 2.27. The zero-order chi connectivity index (χ0) is 12.3. The number of nitrogens with one attached hydrogen (secondary N) is 2. The van der Waals surface area contributed by atoms with Crippen molar-refractivity contribution < 1.29 is 4.79 Å². The lowest BCUT2D eigenvalue weighted by Crippen LogP contribution is -2.33. The zero-order valence-electron chi connectivity index (χ0n) is 9.53. The summed E-state index contributed by atoms with van der Waals surface area (Å²) in [6, 6.07) is 0. The predicted octanol–water partition coefficient (Wildman–Crippen LogP) is 0.607. The maximum atomic E-state index is 11.5. The molecule has 0 aliphatic carbocycles. The fraction of sp³-hybridized carbons (Fsp3) is 0.500. The van der Waals surface area contributed by atoms with Gasteiger partial charge in [-0.15, -0.1) is 0 Å². The molecule has 92 valence electrons. The molecule has 0 bridgehead atoms. The highest BCUT2D eigenvalue weighted by molar-refractivity contribution is 9.10. The molecule has 0 spiro atoms. The highest BCUT2D eigenvalue weighted by atomic mass is 79.9. The van der Waals surface area contributed by atoms with Crippen LogP contribution in [-0.2, 0) is 4.79 Å². The van der Waals surface area contributed by atoms with Crippen LogP contribution in [0.2, 0.25) is 0 Å². The van der Waals surface area contributed by atoms with Gasteiger partial charge in [-0.25, -0.2) is 4.98 Å². The fourth-order valence-electron chi connectivity index (χ4n) is 1.69. The highest BCUT2D eigenvalue weighted by Gasteiger charge is 2.18. The van der Waals surface area contributed by atoms with E-state index in [1.807, 2.05) is 4.90 Å². The number of nitrogens with zero attached hydrogens (tertiary/aromatic N) is 3. The number of hydrogen-bond acceptors (Lipinski definition) is 5. The van der Waals surface area contributed by atoms with Crippen LogP contribution in [0.4, 0.5) is 11.8 Å². The van der Waals surface area contributed by atoms with Crippen molar-refractivity contribution in [2.45, 2.75) is 6.42 Å². The maximum Gasteiger partial charge on any atom is 0.239 e. The van der Waals surface area contributed by atoms with Gasteiger partial charge in [0.2, 0.25) is 11.9 Å². The van der Waals surface area contributed by atoms with Crippen molar-refractivity contribution in [3.05, 3.63) is 10.7 Å². The summed E-state index contributed by atoms with van der Waals surface area (Å²) in [7, 11) is 1.77. The smallest absolute Gasteiger partial charge is 0.239 e.